The number of aromatic nitrogens is 1. The maximum atomic E-state index is 12.9. The van der Waals surface area contributed by atoms with E-state index in [2.05, 4.69) is 15.8 Å². The second kappa shape index (κ2) is 8.13. The second-order valence-electron chi connectivity index (χ2n) is 6.88. The number of ether oxygens (including phenoxy) is 1. The molecule has 7 nitrogen and oxygen atoms in total. The summed E-state index contributed by atoms with van der Waals surface area (Å²) in [7, 11) is 0. The lowest BCUT2D eigenvalue weighted by molar-refractivity contribution is -0.137. The van der Waals surface area contributed by atoms with Crippen LogP contribution in [0.2, 0.25) is 0 Å². The molecule has 1 atom stereocenters. The molecular formula is C21H16F3N3O4. The molecule has 1 aromatic heterocycles. The second-order valence-corrected chi connectivity index (χ2v) is 6.88. The molecule has 2 N–H and O–H groups in total. The van der Waals surface area contributed by atoms with Gasteiger partial charge in [0.05, 0.1) is 11.3 Å². The lowest BCUT2D eigenvalue weighted by Gasteiger charge is -2.13. The zero-order valence-corrected chi connectivity index (χ0v) is 15.9. The Balaban J connectivity index is 1.43. The standard InChI is InChI=1S/C21H16F3N3O4/c22-21(23,24)13-6-7-18-15(9-13)25-20(29)17(11-30-18)26-19(28)16-10-14(31-27-16)8-12-4-2-1-3-5-12/h1-7,9-10,17H,8,11H2,(H,25,29)(H,26,28). The van der Waals surface area contributed by atoms with Crippen LogP contribution >= 0.6 is 0 Å². The van der Waals surface area contributed by atoms with E-state index in [4.69, 9.17) is 9.26 Å². The average Bonchev–Trinajstić information content (AvgIpc) is 3.14. The summed E-state index contributed by atoms with van der Waals surface area (Å²) in [6.45, 7) is -0.259. The van der Waals surface area contributed by atoms with Gasteiger partial charge in [-0.15, -0.1) is 0 Å². The summed E-state index contributed by atoms with van der Waals surface area (Å²) in [6, 6.07) is 12.5. The topological polar surface area (TPSA) is 93.5 Å². The number of anilines is 1. The molecule has 1 aliphatic rings. The summed E-state index contributed by atoms with van der Waals surface area (Å²) in [5.74, 6) is -0.845. The molecule has 2 heterocycles. The molecular weight excluding hydrogens is 415 g/mol. The zero-order valence-electron chi connectivity index (χ0n) is 15.9. The highest BCUT2D eigenvalue weighted by molar-refractivity contribution is 6.01. The number of hydrogen-bond acceptors (Lipinski definition) is 5. The normalized spacial score (nSPS) is 16.0. The van der Waals surface area contributed by atoms with Crippen molar-refractivity contribution < 1.29 is 32.0 Å². The molecule has 0 fully saturated rings. The van der Waals surface area contributed by atoms with Crippen molar-refractivity contribution in [1.82, 2.24) is 10.5 Å². The van der Waals surface area contributed by atoms with Crippen molar-refractivity contribution in [2.45, 2.75) is 18.6 Å². The minimum Gasteiger partial charge on any atom is -0.489 e. The van der Waals surface area contributed by atoms with Crippen molar-refractivity contribution in [2.24, 2.45) is 0 Å². The predicted octanol–water partition coefficient (Wildman–Crippen LogP) is 3.41. The van der Waals surface area contributed by atoms with Gasteiger partial charge in [-0.25, -0.2) is 0 Å². The van der Waals surface area contributed by atoms with Crippen LogP contribution in [0.1, 0.15) is 27.4 Å². The molecule has 0 aliphatic carbocycles. The molecule has 4 rings (SSSR count). The van der Waals surface area contributed by atoms with Crippen molar-refractivity contribution in [3.05, 3.63) is 77.2 Å². The summed E-state index contributed by atoms with van der Waals surface area (Å²) in [6.07, 6.45) is -4.13. The van der Waals surface area contributed by atoms with E-state index in [1.165, 1.54) is 6.07 Å². The van der Waals surface area contributed by atoms with Gasteiger partial charge in [0.2, 0.25) is 0 Å². The van der Waals surface area contributed by atoms with Gasteiger partial charge in [0.25, 0.3) is 11.8 Å². The Bertz CT molecular complexity index is 1110. The van der Waals surface area contributed by atoms with Gasteiger partial charge >= 0.3 is 6.18 Å². The molecule has 0 bridgehead atoms. The van der Waals surface area contributed by atoms with E-state index in [9.17, 15) is 22.8 Å². The third-order valence-electron chi connectivity index (χ3n) is 4.60. The van der Waals surface area contributed by atoms with Gasteiger partial charge in [-0.3, -0.25) is 9.59 Å². The molecule has 1 aliphatic heterocycles. The fourth-order valence-corrected chi connectivity index (χ4v) is 3.04. The Morgan fingerprint density at radius 2 is 1.94 bits per heavy atom. The third kappa shape index (κ3) is 4.68. The van der Waals surface area contributed by atoms with Gasteiger partial charge in [-0.1, -0.05) is 35.5 Å². The Hall–Kier alpha value is -3.82. The van der Waals surface area contributed by atoms with E-state index in [1.807, 2.05) is 30.3 Å². The van der Waals surface area contributed by atoms with Crippen LogP contribution in [-0.4, -0.2) is 29.6 Å². The molecule has 0 spiro atoms. The third-order valence-corrected chi connectivity index (χ3v) is 4.60. The molecule has 0 radical (unpaired) electrons. The number of benzene rings is 2. The van der Waals surface area contributed by atoms with Gasteiger partial charge in [0.1, 0.15) is 24.2 Å². The first-order chi connectivity index (χ1) is 14.8. The molecule has 160 valence electrons. The number of fused-ring (bicyclic) bond motifs is 1. The van der Waals surface area contributed by atoms with E-state index >= 15 is 0 Å². The summed E-state index contributed by atoms with van der Waals surface area (Å²) in [5.41, 5.74) is -0.104. The van der Waals surface area contributed by atoms with Crippen LogP contribution in [0.4, 0.5) is 18.9 Å². The maximum Gasteiger partial charge on any atom is 0.416 e. The first-order valence-corrected chi connectivity index (χ1v) is 9.25. The van der Waals surface area contributed by atoms with Crippen LogP contribution in [0.25, 0.3) is 0 Å². The molecule has 2 aromatic carbocycles. The first-order valence-electron chi connectivity index (χ1n) is 9.25. The molecule has 0 saturated heterocycles. The number of halogens is 3. The van der Waals surface area contributed by atoms with Gasteiger partial charge < -0.3 is 19.9 Å². The number of rotatable bonds is 4. The number of carbonyl (C=O) groups excluding carboxylic acids is 2. The Labute approximate surface area is 174 Å². The largest absolute Gasteiger partial charge is 0.489 e. The molecule has 1 unspecified atom stereocenters. The summed E-state index contributed by atoms with van der Waals surface area (Å²) in [4.78, 5) is 24.9. The van der Waals surface area contributed by atoms with Crippen LogP contribution in [0.3, 0.4) is 0 Å². The van der Waals surface area contributed by atoms with Gasteiger partial charge in [0, 0.05) is 12.5 Å². The molecule has 0 saturated carbocycles. The van der Waals surface area contributed by atoms with Gasteiger partial charge in [-0.05, 0) is 23.8 Å². The highest BCUT2D eigenvalue weighted by Gasteiger charge is 2.33. The van der Waals surface area contributed by atoms with E-state index in [0.29, 0.717) is 12.2 Å². The number of nitrogens with zero attached hydrogens (tertiary/aromatic N) is 1. The molecule has 10 heteroatoms. The van der Waals surface area contributed by atoms with Crippen LogP contribution < -0.4 is 15.4 Å². The summed E-state index contributed by atoms with van der Waals surface area (Å²) in [5, 5.41) is 8.54. The maximum absolute atomic E-state index is 12.9. The lowest BCUT2D eigenvalue weighted by atomic mass is 10.1. The average molecular weight is 431 g/mol. The quantitative estimate of drug-likeness (QED) is 0.661. The van der Waals surface area contributed by atoms with Crippen molar-refractivity contribution in [1.29, 1.82) is 0 Å². The number of alkyl halides is 3. The number of amides is 2. The Kier molecular flexibility index (Phi) is 5.37. The van der Waals surface area contributed by atoms with Crippen LogP contribution in [0.15, 0.2) is 59.1 Å². The summed E-state index contributed by atoms with van der Waals surface area (Å²) < 4.78 is 49.3. The fraction of sp³-hybridized carbons (Fsp3) is 0.190. The monoisotopic (exact) mass is 431 g/mol. The number of carbonyl (C=O) groups is 2. The fourth-order valence-electron chi connectivity index (χ4n) is 3.04. The zero-order chi connectivity index (χ0) is 22.0. The van der Waals surface area contributed by atoms with Crippen molar-refractivity contribution in [3.63, 3.8) is 0 Å². The summed E-state index contributed by atoms with van der Waals surface area (Å²) >= 11 is 0. The Morgan fingerprint density at radius 1 is 1.16 bits per heavy atom. The minimum absolute atomic E-state index is 0.0279. The van der Waals surface area contributed by atoms with Crippen LogP contribution in [0.5, 0.6) is 5.75 Å². The first kappa shape index (κ1) is 20.5. The SMILES string of the molecule is O=C(NC1COc2ccc(C(F)(F)F)cc2NC1=O)c1cc(Cc2ccccc2)on1. The van der Waals surface area contributed by atoms with Crippen molar-refractivity contribution in [3.8, 4) is 5.75 Å². The van der Waals surface area contributed by atoms with Gasteiger partial charge in [-0.2, -0.15) is 13.2 Å². The van der Waals surface area contributed by atoms with Crippen molar-refractivity contribution >= 4 is 17.5 Å². The van der Waals surface area contributed by atoms with E-state index in [1.54, 1.807) is 0 Å². The predicted molar refractivity (Wildman–Crippen MR) is 103 cm³/mol. The smallest absolute Gasteiger partial charge is 0.416 e. The van der Waals surface area contributed by atoms with E-state index < -0.39 is 29.6 Å². The molecule has 31 heavy (non-hydrogen) atoms. The van der Waals surface area contributed by atoms with E-state index in [0.717, 1.165) is 23.8 Å². The van der Waals surface area contributed by atoms with Crippen molar-refractivity contribution in [2.75, 3.05) is 11.9 Å². The van der Waals surface area contributed by atoms with E-state index in [-0.39, 0.29) is 23.7 Å². The number of nitrogens with one attached hydrogen (secondary N) is 2. The Morgan fingerprint density at radius 3 is 2.68 bits per heavy atom. The molecule has 3 aromatic rings. The molecule has 2 amide bonds. The lowest BCUT2D eigenvalue weighted by Crippen LogP contribution is -2.46. The van der Waals surface area contributed by atoms with Crippen LogP contribution in [-0.2, 0) is 17.4 Å². The van der Waals surface area contributed by atoms with Crippen LogP contribution in [0, 0.1) is 0 Å². The highest BCUT2D eigenvalue weighted by atomic mass is 19.4. The number of hydrogen-bond donors (Lipinski definition) is 2. The minimum atomic E-state index is -4.57. The van der Waals surface area contributed by atoms with Gasteiger partial charge in [0.15, 0.2) is 5.69 Å². The highest BCUT2D eigenvalue weighted by Crippen LogP contribution is 2.35.